The van der Waals surface area contributed by atoms with Crippen LogP contribution in [0.25, 0.3) is 0 Å². The van der Waals surface area contributed by atoms with Crippen molar-refractivity contribution in [3.63, 3.8) is 0 Å². The van der Waals surface area contributed by atoms with Crippen molar-refractivity contribution in [3.05, 3.63) is 77.9 Å². The molecule has 0 saturated heterocycles. The Morgan fingerprint density at radius 2 is 1.96 bits per heavy atom. The van der Waals surface area contributed by atoms with Crippen LogP contribution in [0.1, 0.15) is 26.4 Å². The van der Waals surface area contributed by atoms with E-state index in [4.69, 9.17) is 0 Å². The van der Waals surface area contributed by atoms with Crippen LogP contribution in [0.15, 0.2) is 55.3 Å². The number of aromatic nitrogens is 1. The number of rotatable bonds is 6. The smallest absolute Gasteiger partial charge is 0.270 e. The molecule has 0 saturated carbocycles. The molecule has 1 heterocycles. The molecule has 118 valence electrons. The highest BCUT2D eigenvalue weighted by Crippen LogP contribution is 2.07. The highest BCUT2D eigenvalue weighted by molar-refractivity contribution is 5.98. The molecule has 23 heavy (non-hydrogen) atoms. The van der Waals surface area contributed by atoms with E-state index in [1.807, 2.05) is 0 Å². The number of nitrogens with one attached hydrogen (secondary N) is 2. The molecule has 6 heteroatoms. The van der Waals surface area contributed by atoms with Crippen LogP contribution in [0.5, 0.6) is 0 Å². The standard InChI is InChI=1S/C17H16FN3O2/c1-2-8-20-16(22)12-7-9-19-15(10-12)17(23)21-11-13-5-3-4-6-14(13)18/h2-7,9-10H,1,8,11H2,(H,20,22)(H,21,23). The van der Waals surface area contributed by atoms with Gasteiger partial charge in [0.2, 0.25) is 0 Å². The molecule has 0 bridgehead atoms. The third kappa shape index (κ3) is 4.47. The molecule has 0 aliphatic heterocycles. The zero-order chi connectivity index (χ0) is 16.7. The van der Waals surface area contributed by atoms with Crippen molar-refractivity contribution in [2.45, 2.75) is 6.54 Å². The van der Waals surface area contributed by atoms with Gasteiger partial charge in [0.1, 0.15) is 11.5 Å². The van der Waals surface area contributed by atoms with Gasteiger partial charge in [-0.2, -0.15) is 0 Å². The van der Waals surface area contributed by atoms with Crippen LogP contribution in [-0.4, -0.2) is 23.3 Å². The van der Waals surface area contributed by atoms with Crippen LogP contribution < -0.4 is 10.6 Å². The molecule has 0 fully saturated rings. The Balaban J connectivity index is 2.03. The molecule has 0 atom stereocenters. The van der Waals surface area contributed by atoms with Gasteiger partial charge in [-0.25, -0.2) is 4.39 Å². The number of benzene rings is 1. The number of hydrogen-bond donors (Lipinski definition) is 2. The molecular formula is C17H16FN3O2. The monoisotopic (exact) mass is 313 g/mol. The van der Waals surface area contributed by atoms with E-state index in [9.17, 15) is 14.0 Å². The van der Waals surface area contributed by atoms with Gasteiger partial charge in [-0.3, -0.25) is 14.6 Å². The van der Waals surface area contributed by atoms with Crippen LogP contribution >= 0.6 is 0 Å². The van der Waals surface area contributed by atoms with Crippen molar-refractivity contribution in [2.75, 3.05) is 6.54 Å². The second-order valence-electron chi connectivity index (χ2n) is 4.70. The maximum absolute atomic E-state index is 13.5. The van der Waals surface area contributed by atoms with Crippen molar-refractivity contribution in [3.8, 4) is 0 Å². The lowest BCUT2D eigenvalue weighted by molar-refractivity contribution is 0.0945. The van der Waals surface area contributed by atoms with Crippen LogP contribution in [0.4, 0.5) is 4.39 Å². The van der Waals surface area contributed by atoms with Crippen molar-refractivity contribution in [2.24, 2.45) is 0 Å². The Labute approximate surface area is 133 Å². The second-order valence-corrected chi connectivity index (χ2v) is 4.70. The third-order valence-corrected chi connectivity index (χ3v) is 3.06. The van der Waals surface area contributed by atoms with Crippen molar-refractivity contribution >= 4 is 11.8 Å². The van der Waals surface area contributed by atoms with Crippen molar-refractivity contribution < 1.29 is 14.0 Å². The lowest BCUT2D eigenvalue weighted by Gasteiger charge is -2.07. The van der Waals surface area contributed by atoms with Gasteiger partial charge in [0.15, 0.2) is 0 Å². The summed E-state index contributed by atoms with van der Waals surface area (Å²) in [5, 5.41) is 5.19. The first kappa shape index (κ1) is 16.4. The van der Waals surface area contributed by atoms with E-state index < -0.39 is 11.7 Å². The maximum Gasteiger partial charge on any atom is 0.270 e. The molecule has 0 aliphatic carbocycles. The second kappa shape index (κ2) is 7.84. The minimum absolute atomic E-state index is 0.0417. The molecular weight excluding hydrogens is 297 g/mol. The van der Waals surface area contributed by atoms with E-state index >= 15 is 0 Å². The number of halogens is 1. The molecule has 1 aromatic heterocycles. The van der Waals surface area contributed by atoms with E-state index in [0.29, 0.717) is 17.7 Å². The van der Waals surface area contributed by atoms with Crippen molar-refractivity contribution in [1.82, 2.24) is 15.6 Å². The summed E-state index contributed by atoms with van der Waals surface area (Å²) < 4.78 is 13.5. The van der Waals surface area contributed by atoms with Crippen LogP contribution in [0.3, 0.4) is 0 Å². The lowest BCUT2D eigenvalue weighted by Crippen LogP contribution is -2.26. The first-order chi connectivity index (χ1) is 11.1. The Kier molecular flexibility index (Phi) is 5.57. The van der Waals surface area contributed by atoms with Crippen LogP contribution in [0.2, 0.25) is 0 Å². The third-order valence-electron chi connectivity index (χ3n) is 3.06. The highest BCUT2D eigenvalue weighted by atomic mass is 19.1. The fourth-order valence-electron chi connectivity index (χ4n) is 1.87. The molecule has 2 amide bonds. The molecule has 0 spiro atoms. The summed E-state index contributed by atoms with van der Waals surface area (Å²) in [6.07, 6.45) is 2.93. The van der Waals surface area contributed by atoms with Gasteiger partial charge in [0.05, 0.1) is 0 Å². The number of carbonyl (C=O) groups is 2. The summed E-state index contributed by atoms with van der Waals surface area (Å²) in [7, 11) is 0. The topological polar surface area (TPSA) is 71.1 Å². The quantitative estimate of drug-likeness (QED) is 0.802. The number of pyridine rings is 1. The molecule has 1 aromatic carbocycles. The zero-order valence-corrected chi connectivity index (χ0v) is 12.4. The Morgan fingerprint density at radius 1 is 1.17 bits per heavy atom. The van der Waals surface area contributed by atoms with Gasteiger partial charge >= 0.3 is 0 Å². The minimum atomic E-state index is -0.480. The van der Waals surface area contributed by atoms with Gasteiger partial charge < -0.3 is 10.6 Å². The maximum atomic E-state index is 13.5. The fraction of sp³-hybridized carbons (Fsp3) is 0.118. The van der Waals surface area contributed by atoms with Crippen molar-refractivity contribution in [1.29, 1.82) is 0 Å². The van der Waals surface area contributed by atoms with Gasteiger partial charge in [-0.15, -0.1) is 6.58 Å². The summed E-state index contributed by atoms with van der Waals surface area (Å²) in [4.78, 5) is 27.8. The summed E-state index contributed by atoms with van der Waals surface area (Å²) in [6.45, 7) is 3.88. The Morgan fingerprint density at radius 3 is 2.70 bits per heavy atom. The summed E-state index contributed by atoms with van der Waals surface area (Å²) in [6, 6.07) is 9.06. The Hall–Kier alpha value is -3.02. The highest BCUT2D eigenvalue weighted by Gasteiger charge is 2.12. The first-order valence-electron chi connectivity index (χ1n) is 6.98. The van der Waals surface area contributed by atoms with E-state index in [-0.39, 0.29) is 18.1 Å². The zero-order valence-electron chi connectivity index (χ0n) is 12.4. The average Bonchev–Trinajstić information content (AvgIpc) is 2.58. The Bertz CT molecular complexity index is 731. The van der Waals surface area contributed by atoms with E-state index in [1.165, 1.54) is 24.4 Å². The summed E-state index contributed by atoms with van der Waals surface area (Å²) in [5.41, 5.74) is 0.784. The first-order valence-corrected chi connectivity index (χ1v) is 6.98. The van der Waals surface area contributed by atoms with Crippen LogP contribution in [-0.2, 0) is 6.54 Å². The molecule has 0 unspecified atom stereocenters. The predicted octanol–water partition coefficient (Wildman–Crippen LogP) is 2.07. The van der Waals surface area contributed by atoms with E-state index in [2.05, 4.69) is 22.2 Å². The largest absolute Gasteiger partial charge is 0.349 e. The fourth-order valence-corrected chi connectivity index (χ4v) is 1.87. The SMILES string of the molecule is C=CCNC(=O)c1ccnc(C(=O)NCc2ccccc2F)c1. The normalized spacial score (nSPS) is 9.96. The molecule has 2 aromatic rings. The molecule has 0 radical (unpaired) electrons. The molecule has 0 aliphatic rings. The predicted molar refractivity (Wildman–Crippen MR) is 84.3 cm³/mol. The van der Waals surface area contributed by atoms with Crippen LogP contribution in [0, 0.1) is 5.82 Å². The van der Waals surface area contributed by atoms with Gasteiger partial charge in [-0.05, 0) is 18.2 Å². The van der Waals surface area contributed by atoms with Gasteiger partial charge in [0, 0.05) is 30.4 Å². The summed E-state index contributed by atoms with van der Waals surface area (Å²) >= 11 is 0. The molecule has 5 nitrogen and oxygen atoms in total. The minimum Gasteiger partial charge on any atom is -0.349 e. The number of nitrogens with zero attached hydrogens (tertiary/aromatic N) is 1. The molecule has 2 N–H and O–H groups in total. The number of carbonyl (C=O) groups excluding carboxylic acids is 2. The number of hydrogen-bond acceptors (Lipinski definition) is 3. The summed E-state index contributed by atoms with van der Waals surface area (Å²) in [5.74, 6) is -1.19. The van der Waals surface area contributed by atoms with Gasteiger partial charge in [-0.1, -0.05) is 24.3 Å². The van der Waals surface area contributed by atoms with Gasteiger partial charge in [0.25, 0.3) is 11.8 Å². The lowest BCUT2D eigenvalue weighted by atomic mass is 10.2. The molecule has 2 rings (SSSR count). The number of amides is 2. The van der Waals surface area contributed by atoms with E-state index in [1.54, 1.807) is 24.3 Å². The average molecular weight is 313 g/mol. The van der Waals surface area contributed by atoms with E-state index in [0.717, 1.165) is 0 Å².